The molecule has 4 saturated heterocycles. The number of benzene rings is 4. The van der Waals surface area contributed by atoms with Gasteiger partial charge in [-0.1, -0.05) is 91.0 Å². The van der Waals surface area contributed by atoms with Gasteiger partial charge in [0.25, 0.3) is 0 Å². The van der Waals surface area contributed by atoms with Crippen LogP contribution in [0.4, 0.5) is 11.4 Å². The van der Waals surface area contributed by atoms with E-state index in [9.17, 15) is 19.2 Å². The Labute approximate surface area is 295 Å². The summed E-state index contributed by atoms with van der Waals surface area (Å²) in [6, 6.07) is 31.0. The van der Waals surface area contributed by atoms with Crippen molar-refractivity contribution in [2.45, 2.75) is 79.9 Å². The van der Waals surface area contributed by atoms with E-state index in [2.05, 4.69) is 45.5 Å². The van der Waals surface area contributed by atoms with Gasteiger partial charge in [-0.15, -0.1) is 0 Å². The first-order chi connectivity index (χ1) is 24.8. The first kappa shape index (κ1) is 30.2. The molecule has 6 heterocycles. The number of para-hydroxylation sites is 1. The lowest BCUT2D eigenvalue weighted by molar-refractivity contribution is -0.149. The molecule has 256 valence electrons. The summed E-state index contributed by atoms with van der Waals surface area (Å²) in [4.78, 5) is 61.4. The number of hydrogen-bond acceptors (Lipinski definition) is 6. The number of carbonyl (C=O) groups excluding carboxylic acids is 4. The maximum atomic E-state index is 14.7. The lowest BCUT2D eigenvalue weighted by atomic mass is 9.54. The Morgan fingerprint density at radius 1 is 0.569 bits per heavy atom. The molecule has 4 amide bonds. The molecule has 0 radical (unpaired) electrons. The third-order valence-corrected chi connectivity index (χ3v) is 12.5. The van der Waals surface area contributed by atoms with Gasteiger partial charge in [0.05, 0.1) is 10.8 Å². The van der Waals surface area contributed by atoms with Crippen LogP contribution in [0.3, 0.4) is 0 Å². The maximum absolute atomic E-state index is 14.7. The molecule has 0 spiro atoms. The third kappa shape index (κ3) is 3.98. The van der Waals surface area contributed by atoms with Crippen molar-refractivity contribution >= 4 is 35.0 Å². The number of piperazine rings is 2. The fraction of sp³-hybridized carbons (Fsp3) is 0.317. The van der Waals surface area contributed by atoms with Crippen LogP contribution in [-0.4, -0.2) is 69.9 Å². The molecule has 4 aromatic carbocycles. The molecule has 6 aliphatic rings. The number of amides is 4. The highest BCUT2D eigenvalue weighted by Gasteiger charge is 2.78. The fourth-order valence-electron chi connectivity index (χ4n) is 10.6. The maximum Gasteiger partial charge on any atom is 0.247 e. The summed E-state index contributed by atoms with van der Waals surface area (Å²) in [7, 11) is 0. The Balaban J connectivity index is 1.14. The highest BCUT2D eigenvalue weighted by Crippen LogP contribution is 2.69. The van der Waals surface area contributed by atoms with Crippen molar-refractivity contribution in [1.82, 2.24) is 20.4 Å². The second-order valence-corrected chi connectivity index (χ2v) is 15.1. The van der Waals surface area contributed by atoms with E-state index in [0.717, 1.165) is 39.2 Å². The van der Waals surface area contributed by atoms with E-state index < -0.39 is 47.3 Å². The van der Waals surface area contributed by atoms with Gasteiger partial charge in [-0.05, 0) is 59.7 Å². The highest BCUT2D eigenvalue weighted by atomic mass is 16.2. The summed E-state index contributed by atoms with van der Waals surface area (Å²) in [5.41, 5.74) is 5.08. The second kappa shape index (κ2) is 10.7. The standard InChI is InChI=1S/C41H38N6O4/c1-23-16-17-27-29(18-23)45-39-41(27,22-33-35(49)43-31(37(51)47(33)39)20-25-12-6-3-7-13-25)40-21-32-34(48)42-30(19-24-10-4-2-5-11-24)36(50)46(32)38(40)44-28-15-9-8-14-26(28)40/h2-18,30-33,38-39,44-45H,19-22H2,1H3,(H,42,48)(H,43,49). The van der Waals surface area contributed by atoms with Crippen molar-refractivity contribution in [2.75, 3.05) is 10.6 Å². The molecule has 0 aliphatic carbocycles. The van der Waals surface area contributed by atoms with Crippen LogP contribution in [0.25, 0.3) is 0 Å². The van der Waals surface area contributed by atoms with Crippen LogP contribution < -0.4 is 21.3 Å². The van der Waals surface area contributed by atoms with Gasteiger partial charge in [0.15, 0.2) is 0 Å². The zero-order valence-electron chi connectivity index (χ0n) is 28.1. The molecule has 10 nitrogen and oxygen atoms in total. The van der Waals surface area contributed by atoms with Gasteiger partial charge in [0.1, 0.15) is 36.5 Å². The number of rotatable bonds is 5. The minimum Gasteiger partial charge on any atom is -0.364 e. The molecular weight excluding hydrogens is 640 g/mol. The summed E-state index contributed by atoms with van der Waals surface area (Å²) < 4.78 is 0. The average Bonchev–Trinajstić information content (AvgIpc) is 3.85. The van der Waals surface area contributed by atoms with Crippen LogP contribution in [0.5, 0.6) is 0 Å². The van der Waals surface area contributed by atoms with Crippen molar-refractivity contribution in [3.8, 4) is 0 Å². The molecule has 8 atom stereocenters. The Kier molecular flexibility index (Phi) is 6.33. The van der Waals surface area contributed by atoms with E-state index in [1.165, 1.54) is 0 Å². The summed E-state index contributed by atoms with van der Waals surface area (Å²) in [5, 5.41) is 13.7. The smallest absolute Gasteiger partial charge is 0.247 e. The molecule has 6 aliphatic heterocycles. The lowest BCUT2D eigenvalue weighted by Gasteiger charge is -2.48. The number of carbonyl (C=O) groups is 4. The van der Waals surface area contributed by atoms with Crippen LogP contribution in [-0.2, 0) is 42.8 Å². The molecule has 4 N–H and O–H groups in total. The van der Waals surface area contributed by atoms with E-state index in [1.54, 1.807) is 9.80 Å². The van der Waals surface area contributed by atoms with Gasteiger partial charge >= 0.3 is 0 Å². The molecular formula is C41H38N6O4. The number of nitrogens with zero attached hydrogens (tertiary/aromatic N) is 2. The van der Waals surface area contributed by atoms with Crippen LogP contribution in [0, 0.1) is 6.92 Å². The van der Waals surface area contributed by atoms with Gasteiger partial charge in [0, 0.05) is 24.2 Å². The SMILES string of the molecule is Cc1ccc2c(c1)NC1N3C(=O)C(Cc4ccccc4)NC(=O)C3CC21C12CC3C(=O)NC(Cc4ccccc4)C(=O)N3C1Nc1ccccc12. The van der Waals surface area contributed by atoms with Crippen LogP contribution in [0.15, 0.2) is 103 Å². The van der Waals surface area contributed by atoms with Gasteiger partial charge in [-0.2, -0.15) is 0 Å². The van der Waals surface area contributed by atoms with Gasteiger partial charge in [0.2, 0.25) is 23.6 Å². The molecule has 10 heteroatoms. The second-order valence-electron chi connectivity index (χ2n) is 15.1. The molecule has 0 saturated carbocycles. The zero-order valence-corrected chi connectivity index (χ0v) is 28.1. The fourth-order valence-corrected chi connectivity index (χ4v) is 10.6. The first-order valence-electron chi connectivity index (χ1n) is 17.9. The van der Waals surface area contributed by atoms with Gasteiger partial charge < -0.3 is 31.1 Å². The van der Waals surface area contributed by atoms with Gasteiger partial charge in [-0.25, -0.2) is 0 Å². The third-order valence-electron chi connectivity index (χ3n) is 12.5. The average molecular weight is 679 g/mol. The summed E-state index contributed by atoms with van der Waals surface area (Å²) >= 11 is 0. The normalized spacial score (nSPS) is 32.5. The molecule has 0 aromatic heterocycles. The van der Waals surface area contributed by atoms with Crippen LogP contribution >= 0.6 is 0 Å². The predicted molar refractivity (Wildman–Crippen MR) is 190 cm³/mol. The molecule has 4 aromatic rings. The summed E-state index contributed by atoms with van der Waals surface area (Å²) in [6.45, 7) is 2.04. The van der Waals surface area contributed by atoms with Crippen molar-refractivity contribution < 1.29 is 19.2 Å². The molecule has 4 fully saturated rings. The summed E-state index contributed by atoms with van der Waals surface area (Å²) in [5.74, 6) is -0.628. The van der Waals surface area contributed by atoms with Crippen molar-refractivity contribution in [2.24, 2.45) is 0 Å². The lowest BCUT2D eigenvalue weighted by Crippen LogP contribution is -2.67. The minimum atomic E-state index is -0.869. The van der Waals surface area contributed by atoms with E-state index in [0.29, 0.717) is 25.7 Å². The number of anilines is 2. The largest absolute Gasteiger partial charge is 0.364 e. The Hall–Kier alpha value is -5.64. The van der Waals surface area contributed by atoms with Crippen LogP contribution in [0.2, 0.25) is 0 Å². The van der Waals surface area contributed by atoms with Gasteiger partial charge in [-0.3, -0.25) is 19.2 Å². The predicted octanol–water partition coefficient (Wildman–Crippen LogP) is 3.36. The van der Waals surface area contributed by atoms with E-state index in [-0.39, 0.29) is 23.6 Å². The van der Waals surface area contributed by atoms with Crippen molar-refractivity contribution in [3.05, 3.63) is 131 Å². The number of nitrogens with one attached hydrogen (secondary N) is 4. The number of fused-ring (bicyclic) bond motifs is 11. The topological polar surface area (TPSA) is 123 Å². The Bertz CT molecular complexity index is 2140. The Morgan fingerprint density at radius 2 is 1.04 bits per heavy atom. The molecule has 0 bridgehead atoms. The van der Waals surface area contributed by atoms with Crippen molar-refractivity contribution in [3.63, 3.8) is 0 Å². The number of hydrogen-bond donors (Lipinski definition) is 4. The quantitative estimate of drug-likeness (QED) is 0.257. The van der Waals surface area contributed by atoms with Crippen LogP contribution in [0.1, 0.15) is 40.7 Å². The Morgan fingerprint density at radius 3 is 1.59 bits per heavy atom. The minimum absolute atomic E-state index is 0.132. The zero-order chi connectivity index (χ0) is 34.6. The van der Waals surface area contributed by atoms with E-state index >= 15 is 0 Å². The van der Waals surface area contributed by atoms with Crippen molar-refractivity contribution in [1.29, 1.82) is 0 Å². The number of aryl methyl sites for hydroxylation is 1. The molecule has 10 rings (SSSR count). The highest BCUT2D eigenvalue weighted by molar-refractivity contribution is 6.01. The first-order valence-corrected chi connectivity index (χ1v) is 17.9. The van der Waals surface area contributed by atoms with E-state index in [4.69, 9.17) is 0 Å². The molecule has 51 heavy (non-hydrogen) atoms. The monoisotopic (exact) mass is 678 g/mol. The van der Waals surface area contributed by atoms with E-state index in [1.807, 2.05) is 85.8 Å². The molecule has 8 unspecified atom stereocenters. The summed E-state index contributed by atoms with van der Waals surface area (Å²) in [6.07, 6.45) is 0.260.